The zero-order valence-electron chi connectivity index (χ0n) is 9.84. The summed E-state index contributed by atoms with van der Waals surface area (Å²) in [7, 11) is 0. The van der Waals surface area contributed by atoms with Gasteiger partial charge in [0.05, 0.1) is 6.54 Å². The molecule has 5 heteroatoms. The van der Waals surface area contributed by atoms with Gasteiger partial charge in [0.15, 0.2) is 0 Å². The van der Waals surface area contributed by atoms with Crippen LogP contribution in [0.4, 0.5) is 0 Å². The monoisotopic (exact) mass is 227 g/mol. The van der Waals surface area contributed by atoms with Gasteiger partial charge in [0.2, 0.25) is 11.8 Å². The molecule has 5 nitrogen and oxygen atoms in total. The number of carbonyl (C=O) groups is 2. The Kier molecular flexibility index (Phi) is 4.73. The van der Waals surface area contributed by atoms with Gasteiger partial charge in [-0.25, -0.2) is 0 Å². The van der Waals surface area contributed by atoms with Gasteiger partial charge in [0, 0.05) is 0 Å². The first-order valence-corrected chi connectivity index (χ1v) is 5.94. The van der Waals surface area contributed by atoms with Crippen molar-refractivity contribution < 1.29 is 9.59 Å². The molecule has 2 aliphatic rings. The van der Waals surface area contributed by atoms with E-state index in [-0.39, 0.29) is 18.4 Å². The molecule has 0 bridgehead atoms. The number of unbranched alkanes of at least 4 members (excludes halogenated alkanes) is 1. The maximum Gasteiger partial charge on any atom is 0.246 e. The van der Waals surface area contributed by atoms with Crippen LogP contribution in [0.3, 0.4) is 0 Å². The zero-order chi connectivity index (χ0) is 12.0. The fourth-order valence-electron chi connectivity index (χ4n) is 1.78. The zero-order valence-corrected chi connectivity index (χ0v) is 9.84. The molecule has 2 amide bonds. The fourth-order valence-corrected chi connectivity index (χ4v) is 1.78. The van der Waals surface area contributed by atoms with Gasteiger partial charge in [0.1, 0.15) is 5.54 Å². The Bertz CT molecular complexity index is 260. The Hall–Kier alpha value is -1.10. The summed E-state index contributed by atoms with van der Waals surface area (Å²) in [5.41, 5.74) is 4.62. The molecule has 1 aliphatic carbocycles. The first kappa shape index (κ1) is 13.0. The van der Waals surface area contributed by atoms with Crippen LogP contribution >= 0.6 is 0 Å². The van der Waals surface area contributed by atoms with E-state index in [4.69, 9.17) is 5.73 Å². The molecule has 1 saturated carbocycles. The summed E-state index contributed by atoms with van der Waals surface area (Å²) in [6.07, 6.45) is 5.01. The van der Waals surface area contributed by atoms with Crippen LogP contribution in [0, 0.1) is 0 Å². The van der Waals surface area contributed by atoms with Gasteiger partial charge in [-0.1, -0.05) is 13.3 Å². The second kappa shape index (κ2) is 5.84. The van der Waals surface area contributed by atoms with E-state index in [1.807, 2.05) is 0 Å². The molecule has 1 spiro atoms. The molecule has 16 heavy (non-hydrogen) atoms. The van der Waals surface area contributed by atoms with Crippen molar-refractivity contribution in [1.82, 2.24) is 10.6 Å². The molecule has 1 heterocycles. The van der Waals surface area contributed by atoms with Crippen molar-refractivity contribution in [3.63, 3.8) is 0 Å². The minimum Gasteiger partial charge on any atom is -0.345 e. The van der Waals surface area contributed by atoms with Crippen molar-refractivity contribution in [1.29, 1.82) is 0 Å². The molecule has 0 aromatic heterocycles. The van der Waals surface area contributed by atoms with Gasteiger partial charge in [-0.15, -0.1) is 0 Å². The molecule has 92 valence electrons. The molecule has 2 rings (SSSR count). The van der Waals surface area contributed by atoms with Crippen molar-refractivity contribution >= 4 is 11.8 Å². The molecule has 1 aliphatic heterocycles. The Balaban J connectivity index is 0.000000221. The van der Waals surface area contributed by atoms with E-state index in [9.17, 15) is 9.59 Å². The van der Waals surface area contributed by atoms with Crippen molar-refractivity contribution in [3.8, 4) is 0 Å². The number of hydrogen-bond acceptors (Lipinski definition) is 3. The summed E-state index contributed by atoms with van der Waals surface area (Å²) in [6, 6.07) is 0. The van der Waals surface area contributed by atoms with E-state index in [1.165, 1.54) is 12.8 Å². The molecule has 0 aromatic rings. The molecule has 0 aromatic carbocycles. The third kappa shape index (κ3) is 2.95. The van der Waals surface area contributed by atoms with Crippen LogP contribution in [-0.4, -0.2) is 30.4 Å². The van der Waals surface area contributed by atoms with Crippen LogP contribution in [0.25, 0.3) is 0 Å². The van der Waals surface area contributed by atoms with E-state index in [2.05, 4.69) is 17.6 Å². The minimum absolute atomic E-state index is 0.0108. The van der Waals surface area contributed by atoms with E-state index in [0.717, 1.165) is 25.8 Å². The minimum atomic E-state index is -0.519. The lowest BCUT2D eigenvalue weighted by Crippen LogP contribution is -2.68. The number of nitrogens with two attached hydrogens (primary N) is 1. The lowest BCUT2D eigenvalue weighted by molar-refractivity contribution is -0.142. The van der Waals surface area contributed by atoms with Crippen molar-refractivity contribution in [2.45, 2.75) is 44.6 Å². The highest BCUT2D eigenvalue weighted by molar-refractivity contribution is 5.98. The van der Waals surface area contributed by atoms with Crippen molar-refractivity contribution in [2.75, 3.05) is 13.1 Å². The Morgan fingerprint density at radius 3 is 2.38 bits per heavy atom. The summed E-state index contributed by atoms with van der Waals surface area (Å²) in [5.74, 6) is -0.0762. The van der Waals surface area contributed by atoms with E-state index < -0.39 is 5.54 Å². The topological polar surface area (TPSA) is 84.2 Å². The van der Waals surface area contributed by atoms with Crippen LogP contribution in [0.15, 0.2) is 0 Å². The second-order valence-electron chi connectivity index (χ2n) is 4.31. The SMILES string of the molecule is CCCCN.O=C1CNC(=O)C2(CCC2)N1. The Labute approximate surface area is 96.1 Å². The number of rotatable bonds is 2. The van der Waals surface area contributed by atoms with Gasteiger partial charge >= 0.3 is 0 Å². The number of carbonyl (C=O) groups excluding carboxylic acids is 2. The highest BCUT2D eigenvalue weighted by atomic mass is 16.2. The highest BCUT2D eigenvalue weighted by Crippen LogP contribution is 2.32. The summed E-state index contributed by atoms with van der Waals surface area (Å²) < 4.78 is 0. The maximum absolute atomic E-state index is 11.2. The summed E-state index contributed by atoms with van der Waals surface area (Å²) in [5, 5.41) is 5.30. The molecular formula is C11H21N3O2. The predicted octanol–water partition coefficient (Wildman–Crippen LogP) is -0.0997. The van der Waals surface area contributed by atoms with Gasteiger partial charge in [0.25, 0.3) is 0 Å². The number of amides is 2. The van der Waals surface area contributed by atoms with Crippen LogP contribution in [0.2, 0.25) is 0 Å². The van der Waals surface area contributed by atoms with Crippen LogP contribution in [0.5, 0.6) is 0 Å². The van der Waals surface area contributed by atoms with Gasteiger partial charge < -0.3 is 16.4 Å². The lowest BCUT2D eigenvalue weighted by Gasteiger charge is -2.43. The van der Waals surface area contributed by atoms with E-state index >= 15 is 0 Å². The van der Waals surface area contributed by atoms with Crippen LogP contribution in [0.1, 0.15) is 39.0 Å². The predicted molar refractivity (Wildman–Crippen MR) is 61.7 cm³/mol. The smallest absolute Gasteiger partial charge is 0.246 e. The maximum atomic E-state index is 11.2. The van der Waals surface area contributed by atoms with Gasteiger partial charge in [-0.2, -0.15) is 0 Å². The molecule has 0 atom stereocenters. The first-order valence-electron chi connectivity index (χ1n) is 5.94. The van der Waals surface area contributed by atoms with Gasteiger partial charge in [-0.05, 0) is 32.2 Å². The first-order chi connectivity index (χ1) is 7.64. The normalized spacial score (nSPS) is 21.4. The molecule has 2 fully saturated rings. The third-order valence-electron chi connectivity index (χ3n) is 2.99. The number of piperazine rings is 1. The number of nitrogens with one attached hydrogen (secondary N) is 2. The molecule has 4 N–H and O–H groups in total. The quantitative estimate of drug-likeness (QED) is 0.616. The largest absolute Gasteiger partial charge is 0.345 e. The van der Waals surface area contributed by atoms with Crippen LogP contribution in [-0.2, 0) is 9.59 Å². The highest BCUT2D eigenvalue weighted by Gasteiger charge is 2.47. The molecule has 0 radical (unpaired) electrons. The van der Waals surface area contributed by atoms with E-state index in [0.29, 0.717) is 0 Å². The van der Waals surface area contributed by atoms with E-state index in [1.54, 1.807) is 0 Å². The summed E-state index contributed by atoms with van der Waals surface area (Å²) in [6.45, 7) is 3.12. The second-order valence-corrected chi connectivity index (χ2v) is 4.31. The standard InChI is InChI=1S/C7H10N2O2.C4H11N/c10-5-4-8-6(11)7(9-5)2-1-3-7;1-2-3-4-5/h1-4H2,(H,8,11)(H,9,10);2-5H2,1H3. The average molecular weight is 227 g/mol. The molecular weight excluding hydrogens is 206 g/mol. The number of hydrogen-bond donors (Lipinski definition) is 3. The fraction of sp³-hybridized carbons (Fsp3) is 0.818. The van der Waals surface area contributed by atoms with Crippen molar-refractivity contribution in [3.05, 3.63) is 0 Å². The van der Waals surface area contributed by atoms with Crippen LogP contribution < -0.4 is 16.4 Å². The van der Waals surface area contributed by atoms with Gasteiger partial charge in [-0.3, -0.25) is 9.59 Å². The lowest BCUT2D eigenvalue weighted by atomic mass is 9.75. The molecule has 0 unspecified atom stereocenters. The summed E-state index contributed by atoms with van der Waals surface area (Å²) >= 11 is 0. The Morgan fingerprint density at radius 1 is 1.38 bits per heavy atom. The van der Waals surface area contributed by atoms with Crippen molar-refractivity contribution in [2.24, 2.45) is 5.73 Å². The Morgan fingerprint density at radius 2 is 2.06 bits per heavy atom. The summed E-state index contributed by atoms with van der Waals surface area (Å²) in [4.78, 5) is 22.1. The average Bonchev–Trinajstić information content (AvgIpc) is 2.21. The molecule has 1 saturated heterocycles. The third-order valence-corrected chi connectivity index (χ3v) is 2.99.